The monoisotopic (exact) mass is 325 g/mol. The molecule has 0 aliphatic carbocycles. The fourth-order valence-electron chi connectivity index (χ4n) is 1.59. The molecule has 0 saturated carbocycles. The molecular formula is C14H15NO4S2. The van der Waals surface area contributed by atoms with Gasteiger partial charge in [0.05, 0.1) is 6.42 Å². The number of rotatable bonds is 7. The lowest BCUT2D eigenvalue weighted by Crippen LogP contribution is -2.26. The third-order valence-corrected chi connectivity index (χ3v) is 5.48. The molecule has 0 saturated heterocycles. The van der Waals surface area contributed by atoms with Gasteiger partial charge in [-0.2, -0.15) is 0 Å². The molecule has 21 heavy (non-hydrogen) atoms. The van der Waals surface area contributed by atoms with Gasteiger partial charge in [0.25, 0.3) is 0 Å². The molecule has 0 spiro atoms. The SMILES string of the molecule is O=C(CCNS(=O)(=O)c1cccs1)OCc1ccccc1. The van der Waals surface area contributed by atoms with Gasteiger partial charge in [-0.1, -0.05) is 36.4 Å². The van der Waals surface area contributed by atoms with Crippen LogP contribution in [0.3, 0.4) is 0 Å². The quantitative estimate of drug-likeness (QED) is 0.792. The van der Waals surface area contributed by atoms with E-state index in [4.69, 9.17) is 4.74 Å². The van der Waals surface area contributed by atoms with Crippen LogP contribution in [-0.4, -0.2) is 20.9 Å². The highest BCUT2D eigenvalue weighted by molar-refractivity contribution is 7.91. The summed E-state index contributed by atoms with van der Waals surface area (Å²) in [5.74, 6) is -0.437. The molecule has 0 radical (unpaired) electrons. The maximum atomic E-state index is 11.8. The van der Waals surface area contributed by atoms with Crippen molar-refractivity contribution in [3.05, 3.63) is 53.4 Å². The maximum absolute atomic E-state index is 11.8. The first-order valence-electron chi connectivity index (χ1n) is 6.31. The Morgan fingerprint density at radius 2 is 1.90 bits per heavy atom. The second kappa shape index (κ2) is 7.35. The van der Waals surface area contributed by atoms with Crippen LogP contribution in [0.2, 0.25) is 0 Å². The number of carbonyl (C=O) groups is 1. The van der Waals surface area contributed by atoms with Crippen LogP contribution in [0.5, 0.6) is 0 Å². The molecule has 1 N–H and O–H groups in total. The van der Waals surface area contributed by atoms with Gasteiger partial charge in [-0.15, -0.1) is 11.3 Å². The van der Waals surface area contributed by atoms with E-state index in [0.29, 0.717) is 0 Å². The van der Waals surface area contributed by atoms with Crippen LogP contribution >= 0.6 is 11.3 Å². The summed E-state index contributed by atoms with van der Waals surface area (Å²) in [5, 5.41) is 1.68. The lowest BCUT2D eigenvalue weighted by Gasteiger charge is -2.06. The van der Waals surface area contributed by atoms with Crippen molar-refractivity contribution in [2.75, 3.05) is 6.54 Å². The molecule has 0 fully saturated rings. The van der Waals surface area contributed by atoms with E-state index in [0.717, 1.165) is 16.9 Å². The first-order valence-corrected chi connectivity index (χ1v) is 8.67. The van der Waals surface area contributed by atoms with Gasteiger partial charge >= 0.3 is 5.97 Å². The van der Waals surface area contributed by atoms with Gasteiger partial charge < -0.3 is 4.74 Å². The molecule has 5 nitrogen and oxygen atoms in total. The second-order valence-corrected chi connectivity index (χ2v) is 7.17. The van der Waals surface area contributed by atoms with E-state index in [9.17, 15) is 13.2 Å². The standard InChI is InChI=1S/C14H15NO4S2/c16-13(19-11-12-5-2-1-3-6-12)8-9-15-21(17,18)14-7-4-10-20-14/h1-7,10,15H,8-9,11H2. The van der Waals surface area contributed by atoms with E-state index < -0.39 is 16.0 Å². The lowest BCUT2D eigenvalue weighted by molar-refractivity contribution is -0.144. The largest absolute Gasteiger partial charge is 0.461 e. The summed E-state index contributed by atoms with van der Waals surface area (Å²) in [5.41, 5.74) is 0.894. The number of hydrogen-bond acceptors (Lipinski definition) is 5. The highest BCUT2D eigenvalue weighted by atomic mass is 32.2. The number of esters is 1. The highest BCUT2D eigenvalue weighted by Crippen LogP contribution is 2.15. The average molecular weight is 325 g/mol. The smallest absolute Gasteiger partial charge is 0.307 e. The summed E-state index contributed by atoms with van der Waals surface area (Å²) < 4.78 is 31.3. The molecular weight excluding hydrogens is 310 g/mol. The number of benzene rings is 1. The van der Waals surface area contributed by atoms with Crippen LogP contribution in [-0.2, 0) is 26.2 Å². The Labute approximate surface area is 127 Å². The molecule has 7 heteroatoms. The molecule has 2 rings (SSSR count). The van der Waals surface area contributed by atoms with E-state index in [-0.39, 0.29) is 23.8 Å². The Balaban J connectivity index is 1.72. The predicted octanol–water partition coefficient (Wildman–Crippen LogP) is 2.16. The van der Waals surface area contributed by atoms with Crippen LogP contribution in [0, 0.1) is 0 Å². The first-order chi connectivity index (χ1) is 10.1. The Bertz CT molecular complexity index is 666. The Hall–Kier alpha value is -1.70. The zero-order chi connectivity index (χ0) is 15.1. The van der Waals surface area contributed by atoms with Crippen molar-refractivity contribution in [2.45, 2.75) is 17.2 Å². The fraction of sp³-hybridized carbons (Fsp3) is 0.214. The Morgan fingerprint density at radius 1 is 1.14 bits per heavy atom. The van der Waals surface area contributed by atoms with Gasteiger partial charge in [0.1, 0.15) is 10.8 Å². The molecule has 1 heterocycles. The van der Waals surface area contributed by atoms with Crippen molar-refractivity contribution in [1.29, 1.82) is 0 Å². The van der Waals surface area contributed by atoms with E-state index in [1.54, 1.807) is 11.4 Å². The van der Waals surface area contributed by atoms with Gasteiger partial charge in [0.2, 0.25) is 10.0 Å². The zero-order valence-corrected chi connectivity index (χ0v) is 12.8. The highest BCUT2D eigenvalue weighted by Gasteiger charge is 2.15. The molecule has 112 valence electrons. The summed E-state index contributed by atoms with van der Waals surface area (Å²) in [6.07, 6.45) is -0.00254. The van der Waals surface area contributed by atoms with Gasteiger partial charge in [-0.25, -0.2) is 13.1 Å². The summed E-state index contributed by atoms with van der Waals surface area (Å²) >= 11 is 1.13. The van der Waals surface area contributed by atoms with E-state index in [1.807, 2.05) is 30.3 Å². The summed E-state index contributed by atoms with van der Waals surface area (Å²) in [6.45, 7) is 0.213. The second-order valence-electron chi connectivity index (χ2n) is 4.23. The van der Waals surface area contributed by atoms with Crippen LogP contribution in [0.1, 0.15) is 12.0 Å². The maximum Gasteiger partial charge on any atom is 0.307 e. The van der Waals surface area contributed by atoms with Crippen molar-refractivity contribution in [3.8, 4) is 0 Å². The number of carbonyl (C=O) groups excluding carboxylic acids is 1. The molecule has 1 aromatic heterocycles. The summed E-state index contributed by atoms with van der Waals surface area (Å²) in [6, 6.07) is 12.5. The molecule has 0 amide bonds. The van der Waals surface area contributed by atoms with Gasteiger partial charge in [0.15, 0.2) is 0 Å². The number of nitrogens with one attached hydrogen (secondary N) is 1. The fourth-order valence-corrected chi connectivity index (χ4v) is 3.65. The molecule has 0 bridgehead atoms. The molecule has 0 atom stereocenters. The minimum Gasteiger partial charge on any atom is -0.461 e. The lowest BCUT2D eigenvalue weighted by atomic mass is 10.2. The van der Waals surface area contributed by atoms with Crippen LogP contribution in [0.4, 0.5) is 0 Å². The number of ether oxygens (including phenoxy) is 1. The third kappa shape index (κ3) is 4.96. The van der Waals surface area contributed by atoms with Crippen LogP contribution in [0.25, 0.3) is 0 Å². The first kappa shape index (κ1) is 15.7. The van der Waals surface area contributed by atoms with Crippen molar-refractivity contribution >= 4 is 27.3 Å². The molecule has 0 aliphatic heterocycles. The summed E-state index contributed by atoms with van der Waals surface area (Å²) in [7, 11) is -3.52. The van der Waals surface area contributed by atoms with E-state index >= 15 is 0 Å². The zero-order valence-electron chi connectivity index (χ0n) is 11.2. The van der Waals surface area contributed by atoms with Gasteiger partial charge in [-0.3, -0.25) is 4.79 Å². The predicted molar refractivity (Wildman–Crippen MR) is 80.4 cm³/mol. The minimum atomic E-state index is -3.52. The minimum absolute atomic E-state index is 0.00254. The van der Waals surface area contributed by atoms with Crippen molar-refractivity contribution in [1.82, 2.24) is 4.72 Å². The van der Waals surface area contributed by atoms with Crippen molar-refractivity contribution < 1.29 is 17.9 Å². The van der Waals surface area contributed by atoms with Crippen molar-refractivity contribution in [2.24, 2.45) is 0 Å². The van der Waals surface area contributed by atoms with Crippen molar-refractivity contribution in [3.63, 3.8) is 0 Å². The molecule has 0 unspecified atom stereocenters. The Kier molecular flexibility index (Phi) is 5.49. The van der Waals surface area contributed by atoms with Gasteiger partial charge in [0, 0.05) is 6.54 Å². The van der Waals surface area contributed by atoms with Crippen LogP contribution < -0.4 is 4.72 Å². The molecule has 2 aromatic rings. The number of sulfonamides is 1. The Morgan fingerprint density at radius 3 is 2.57 bits per heavy atom. The number of thiophene rings is 1. The summed E-state index contributed by atoms with van der Waals surface area (Å²) in [4.78, 5) is 11.5. The molecule has 1 aromatic carbocycles. The van der Waals surface area contributed by atoms with E-state index in [1.165, 1.54) is 6.07 Å². The van der Waals surface area contributed by atoms with E-state index in [2.05, 4.69) is 4.72 Å². The topological polar surface area (TPSA) is 72.5 Å². The van der Waals surface area contributed by atoms with Gasteiger partial charge in [-0.05, 0) is 17.0 Å². The van der Waals surface area contributed by atoms with Crippen LogP contribution in [0.15, 0.2) is 52.1 Å². The number of hydrogen-bond donors (Lipinski definition) is 1. The average Bonchev–Trinajstić information content (AvgIpc) is 3.01. The molecule has 0 aliphatic rings. The third-order valence-electron chi connectivity index (χ3n) is 2.62. The normalized spacial score (nSPS) is 11.2.